The van der Waals surface area contributed by atoms with Gasteiger partial charge in [-0.25, -0.2) is 18.4 Å². The van der Waals surface area contributed by atoms with Gasteiger partial charge in [-0.15, -0.1) is 0 Å². The number of anilines is 5. The maximum Gasteiger partial charge on any atom is 0.233 e. The second-order valence-electron chi connectivity index (χ2n) is 8.11. The first-order valence-electron chi connectivity index (χ1n) is 11.5. The van der Waals surface area contributed by atoms with E-state index in [1.165, 1.54) is 33.6 Å². The number of aromatic nitrogens is 3. The van der Waals surface area contributed by atoms with Gasteiger partial charge in [0.2, 0.25) is 24.8 Å². The van der Waals surface area contributed by atoms with Crippen molar-refractivity contribution >= 4 is 63.1 Å². The molecule has 0 atom stereocenters. The lowest BCUT2D eigenvalue weighted by Gasteiger charge is -2.36. The molecule has 0 spiro atoms. The zero-order chi connectivity index (χ0) is 26.4. The van der Waals surface area contributed by atoms with Gasteiger partial charge in [0.1, 0.15) is 17.0 Å². The predicted molar refractivity (Wildman–Crippen MR) is 149 cm³/mol. The number of para-hydroxylation sites is 1. The average Bonchev–Trinajstić information content (AvgIpc) is 2.89. The molecule has 1 aliphatic heterocycles. The van der Waals surface area contributed by atoms with Gasteiger partial charge in [0.25, 0.3) is 0 Å². The number of piperazine rings is 1. The summed E-state index contributed by atoms with van der Waals surface area (Å²) in [6, 6.07) is 12.3. The first-order chi connectivity index (χ1) is 17.8. The Balaban J connectivity index is 1.47. The Morgan fingerprint density at radius 2 is 1.73 bits per heavy atom. The van der Waals surface area contributed by atoms with Crippen LogP contribution >= 0.6 is 21.2 Å². The molecular weight excluding hydrogens is 611 g/mol. The fourth-order valence-corrected chi connectivity index (χ4v) is 5.69. The molecule has 1 aliphatic rings. The Kier molecular flexibility index (Phi) is 8.60. The van der Waals surface area contributed by atoms with Crippen molar-refractivity contribution in [1.29, 1.82) is 0 Å². The van der Waals surface area contributed by atoms with Gasteiger partial charge in [0.05, 0.1) is 39.7 Å². The molecule has 0 bridgehead atoms. The van der Waals surface area contributed by atoms with Crippen molar-refractivity contribution in [1.82, 2.24) is 19.9 Å². The van der Waals surface area contributed by atoms with Crippen LogP contribution in [0.15, 0.2) is 53.7 Å². The molecule has 14 heteroatoms. The summed E-state index contributed by atoms with van der Waals surface area (Å²) >= 11 is 1.39. The minimum absolute atomic E-state index is 0.0879. The number of hydrogen-bond donors (Lipinski definition) is 3. The second kappa shape index (κ2) is 11.9. The Morgan fingerprint density at radius 1 is 1.05 bits per heavy atom. The summed E-state index contributed by atoms with van der Waals surface area (Å²) in [5, 5.41) is 6.08. The maximum atomic E-state index is 12.1. The number of nitrogens with two attached hydrogens (primary N) is 1. The van der Waals surface area contributed by atoms with E-state index in [0.717, 1.165) is 5.69 Å². The quantitative estimate of drug-likeness (QED) is 0.234. The molecule has 0 radical (unpaired) electrons. The molecular formula is C23H27IN8O4S. The number of carbonyl (C=O) groups excluding carboxylic acids is 1. The number of hydrogen-bond acceptors (Lipinski definition) is 11. The standard InChI is InChI=1S/C23H27IN8O4S/c1-36-19-14-16(31-10-12-32(13-11-31)21(33)8-9-25)6-7-17(19)28-22-26-15-27-23(30-22)29-18-4-2-3-5-20(18)37(24,34)35/h2-7,14-15H,8-13,25H2,1H3,(H2,26,27,28,29,30). The van der Waals surface area contributed by atoms with E-state index in [4.69, 9.17) is 10.5 Å². The highest BCUT2D eigenvalue weighted by molar-refractivity contribution is 14.2. The number of nitrogens with zero attached hydrogens (tertiary/aromatic N) is 5. The second-order valence-corrected chi connectivity index (χ2v) is 12.9. The largest absolute Gasteiger partial charge is 0.494 e. The number of rotatable bonds is 9. The van der Waals surface area contributed by atoms with E-state index >= 15 is 0 Å². The highest BCUT2D eigenvalue weighted by atomic mass is 127. The van der Waals surface area contributed by atoms with Crippen molar-refractivity contribution in [2.24, 2.45) is 5.73 Å². The number of methoxy groups -OCH3 is 1. The average molecular weight is 638 g/mol. The highest BCUT2D eigenvalue weighted by Gasteiger charge is 2.22. The minimum atomic E-state index is -3.47. The van der Waals surface area contributed by atoms with Gasteiger partial charge >= 0.3 is 0 Å². The fourth-order valence-electron chi connectivity index (χ4n) is 3.92. The number of halogens is 1. The summed E-state index contributed by atoms with van der Waals surface area (Å²) in [6.45, 7) is 3.07. The molecule has 37 heavy (non-hydrogen) atoms. The first kappa shape index (κ1) is 26.8. The molecule has 3 aromatic rings. The van der Waals surface area contributed by atoms with Crippen LogP contribution in [0.5, 0.6) is 5.75 Å². The predicted octanol–water partition coefficient (Wildman–Crippen LogP) is 2.49. The summed E-state index contributed by atoms with van der Waals surface area (Å²) in [7, 11) is -1.89. The molecule has 1 amide bonds. The van der Waals surface area contributed by atoms with E-state index < -0.39 is 7.01 Å². The van der Waals surface area contributed by atoms with Gasteiger partial charge < -0.3 is 30.9 Å². The minimum Gasteiger partial charge on any atom is -0.494 e. The van der Waals surface area contributed by atoms with E-state index in [0.29, 0.717) is 56.3 Å². The summed E-state index contributed by atoms with van der Waals surface area (Å²) < 4.78 is 29.8. The molecule has 4 rings (SSSR count). The van der Waals surface area contributed by atoms with Crippen LogP contribution in [0.2, 0.25) is 0 Å². The number of benzene rings is 2. The zero-order valence-corrected chi connectivity index (χ0v) is 23.1. The molecule has 12 nitrogen and oxygen atoms in total. The number of carbonyl (C=O) groups is 1. The highest BCUT2D eigenvalue weighted by Crippen LogP contribution is 2.32. The summed E-state index contributed by atoms with van der Waals surface area (Å²) in [4.78, 5) is 28.9. The summed E-state index contributed by atoms with van der Waals surface area (Å²) in [5.74, 6) is 1.12. The number of amides is 1. The van der Waals surface area contributed by atoms with Crippen molar-refractivity contribution < 1.29 is 17.9 Å². The maximum absolute atomic E-state index is 12.1. The van der Waals surface area contributed by atoms with Gasteiger partial charge in [0, 0.05) is 50.9 Å². The molecule has 4 N–H and O–H groups in total. The molecule has 1 aromatic heterocycles. The topological polar surface area (TPSA) is 156 Å². The first-order valence-corrected chi connectivity index (χ1v) is 15.5. The lowest BCUT2D eigenvalue weighted by atomic mass is 10.2. The Labute approximate surface area is 227 Å². The third-order valence-corrected chi connectivity index (χ3v) is 8.06. The van der Waals surface area contributed by atoms with Crippen LogP contribution in [-0.2, 0) is 11.8 Å². The normalized spacial score (nSPS) is 13.8. The lowest BCUT2D eigenvalue weighted by Crippen LogP contribution is -2.49. The van der Waals surface area contributed by atoms with Crippen molar-refractivity contribution in [3.63, 3.8) is 0 Å². The molecule has 2 heterocycles. The number of nitrogens with one attached hydrogen (secondary N) is 2. The Morgan fingerprint density at radius 3 is 2.38 bits per heavy atom. The van der Waals surface area contributed by atoms with E-state index in [1.807, 2.05) is 23.1 Å². The van der Waals surface area contributed by atoms with Gasteiger partial charge in [-0.1, -0.05) is 12.1 Å². The van der Waals surface area contributed by atoms with Crippen LogP contribution in [0.1, 0.15) is 6.42 Å². The van der Waals surface area contributed by atoms with Crippen LogP contribution in [-0.4, -0.2) is 74.0 Å². The van der Waals surface area contributed by atoms with Crippen LogP contribution < -0.4 is 26.0 Å². The molecule has 2 aromatic carbocycles. The number of ether oxygens (including phenoxy) is 1. The zero-order valence-electron chi connectivity index (χ0n) is 20.1. The lowest BCUT2D eigenvalue weighted by molar-refractivity contribution is -0.131. The Hall–Kier alpha value is -3.24. The monoisotopic (exact) mass is 638 g/mol. The smallest absolute Gasteiger partial charge is 0.233 e. The van der Waals surface area contributed by atoms with Gasteiger partial charge in [-0.05, 0) is 24.3 Å². The van der Waals surface area contributed by atoms with Crippen molar-refractivity contribution in [2.45, 2.75) is 11.3 Å². The fraction of sp³-hybridized carbons (Fsp3) is 0.304. The summed E-state index contributed by atoms with van der Waals surface area (Å²) in [5.41, 5.74) is 7.49. The third-order valence-electron chi connectivity index (χ3n) is 5.76. The molecule has 196 valence electrons. The van der Waals surface area contributed by atoms with E-state index in [9.17, 15) is 13.2 Å². The molecule has 0 saturated carbocycles. The van der Waals surface area contributed by atoms with E-state index in [-0.39, 0.29) is 22.7 Å². The summed E-state index contributed by atoms with van der Waals surface area (Å²) in [6.07, 6.45) is 1.69. The molecule has 1 saturated heterocycles. The Bertz CT molecular complexity index is 1370. The molecule has 1 fully saturated rings. The van der Waals surface area contributed by atoms with Crippen molar-refractivity contribution in [3.05, 3.63) is 48.8 Å². The van der Waals surface area contributed by atoms with Crippen molar-refractivity contribution in [3.8, 4) is 5.75 Å². The van der Waals surface area contributed by atoms with Gasteiger partial charge in [-0.3, -0.25) is 4.79 Å². The SMILES string of the molecule is COc1cc(N2CCN(C(=O)CCN)CC2)ccc1Nc1ncnc(Nc2ccccc2S(=O)(=O)I)n1. The van der Waals surface area contributed by atoms with E-state index in [2.05, 4.69) is 30.5 Å². The van der Waals surface area contributed by atoms with Crippen molar-refractivity contribution in [2.75, 3.05) is 55.4 Å². The van der Waals surface area contributed by atoms with Crippen LogP contribution in [0, 0.1) is 0 Å². The van der Waals surface area contributed by atoms with Crippen LogP contribution in [0.3, 0.4) is 0 Å². The van der Waals surface area contributed by atoms with Crippen LogP contribution in [0.4, 0.5) is 29.0 Å². The third kappa shape index (κ3) is 6.75. The van der Waals surface area contributed by atoms with Gasteiger partial charge in [0.15, 0.2) is 0 Å². The molecule has 0 aliphatic carbocycles. The van der Waals surface area contributed by atoms with Gasteiger partial charge in [-0.2, -0.15) is 4.98 Å². The van der Waals surface area contributed by atoms with Crippen LogP contribution in [0.25, 0.3) is 0 Å². The molecule has 0 unspecified atom stereocenters. The van der Waals surface area contributed by atoms with E-state index in [1.54, 1.807) is 25.3 Å².